The second-order valence-corrected chi connectivity index (χ2v) is 10.7. The molecule has 0 aliphatic carbocycles. The van der Waals surface area contributed by atoms with Crippen molar-refractivity contribution >= 4 is 34.7 Å². The van der Waals surface area contributed by atoms with Gasteiger partial charge >= 0.3 is 0 Å². The maximum absolute atomic E-state index is 13.9. The van der Waals surface area contributed by atoms with E-state index in [1.807, 2.05) is 89.4 Å². The van der Waals surface area contributed by atoms with Crippen LogP contribution in [0.4, 0.5) is 5.69 Å². The Bertz CT molecular complexity index is 1220. The first-order chi connectivity index (χ1) is 17.0. The number of benzene rings is 2. The molecule has 7 heteroatoms. The summed E-state index contributed by atoms with van der Waals surface area (Å²) >= 11 is 1.31. The van der Waals surface area contributed by atoms with Gasteiger partial charge in [-0.25, -0.2) is 0 Å². The van der Waals surface area contributed by atoms with Crippen molar-refractivity contribution in [1.82, 2.24) is 10.6 Å². The molecular weight excluding hydrogens is 470 g/mol. The Morgan fingerprint density at radius 3 is 2.25 bits per heavy atom. The summed E-state index contributed by atoms with van der Waals surface area (Å²) in [6.45, 7) is 11.5. The third kappa shape index (κ3) is 6.61. The lowest BCUT2D eigenvalue weighted by Gasteiger charge is -2.35. The summed E-state index contributed by atoms with van der Waals surface area (Å²) in [5, 5.41) is 7.67. The summed E-state index contributed by atoms with van der Waals surface area (Å²) in [5.74, 6) is -0.962. The fraction of sp³-hybridized carbons (Fsp3) is 0.345. The van der Waals surface area contributed by atoms with Gasteiger partial charge in [-0.15, -0.1) is 11.3 Å². The number of hydrogen-bond acceptors (Lipinski definition) is 4. The van der Waals surface area contributed by atoms with Crippen LogP contribution in [0.25, 0.3) is 0 Å². The van der Waals surface area contributed by atoms with E-state index in [0.717, 1.165) is 23.1 Å². The first-order valence-corrected chi connectivity index (χ1v) is 13.0. The van der Waals surface area contributed by atoms with Crippen molar-refractivity contribution in [1.29, 1.82) is 0 Å². The van der Waals surface area contributed by atoms with E-state index in [-0.39, 0.29) is 24.3 Å². The van der Waals surface area contributed by atoms with Gasteiger partial charge in [-0.2, -0.15) is 0 Å². The van der Waals surface area contributed by atoms with Crippen molar-refractivity contribution in [2.24, 2.45) is 0 Å². The smallest absolute Gasteiger partial charge is 0.261 e. The Kier molecular flexibility index (Phi) is 8.69. The third-order valence-electron chi connectivity index (χ3n) is 6.28. The van der Waals surface area contributed by atoms with Crippen molar-refractivity contribution in [2.45, 2.75) is 59.5 Å². The van der Waals surface area contributed by atoms with E-state index in [1.54, 1.807) is 12.1 Å². The molecule has 3 rings (SSSR count). The van der Waals surface area contributed by atoms with Crippen molar-refractivity contribution in [3.05, 3.63) is 87.1 Å². The zero-order chi connectivity index (χ0) is 26.5. The van der Waals surface area contributed by atoms with Crippen LogP contribution in [0.5, 0.6) is 0 Å². The van der Waals surface area contributed by atoms with Crippen molar-refractivity contribution in [3.8, 4) is 0 Å². The predicted molar refractivity (Wildman–Crippen MR) is 146 cm³/mol. The van der Waals surface area contributed by atoms with E-state index in [1.165, 1.54) is 16.2 Å². The highest BCUT2D eigenvalue weighted by molar-refractivity contribution is 7.12. The van der Waals surface area contributed by atoms with Gasteiger partial charge in [0.05, 0.1) is 11.4 Å². The van der Waals surface area contributed by atoms with Crippen LogP contribution in [0, 0.1) is 20.8 Å². The lowest BCUT2D eigenvalue weighted by Crippen LogP contribution is -2.52. The van der Waals surface area contributed by atoms with Gasteiger partial charge in [0, 0.05) is 11.2 Å². The van der Waals surface area contributed by atoms with Gasteiger partial charge < -0.3 is 10.6 Å². The van der Waals surface area contributed by atoms with Gasteiger partial charge in [0.15, 0.2) is 0 Å². The fourth-order valence-corrected chi connectivity index (χ4v) is 4.43. The Morgan fingerprint density at radius 1 is 0.972 bits per heavy atom. The van der Waals surface area contributed by atoms with Crippen LogP contribution < -0.4 is 15.5 Å². The number of carbonyl (C=O) groups is 3. The number of thiophene rings is 1. The maximum atomic E-state index is 13.9. The molecule has 36 heavy (non-hydrogen) atoms. The van der Waals surface area contributed by atoms with Crippen LogP contribution in [0.1, 0.15) is 65.2 Å². The summed E-state index contributed by atoms with van der Waals surface area (Å²) in [5.41, 5.74) is 3.76. The molecule has 0 saturated heterocycles. The molecule has 6 nitrogen and oxygen atoms in total. The summed E-state index contributed by atoms with van der Waals surface area (Å²) in [6.07, 6.45) is 0.730. The highest BCUT2D eigenvalue weighted by Gasteiger charge is 2.35. The van der Waals surface area contributed by atoms with Crippen molar-refractivity contribution in [3.63, 3.8) is 0 Å². The zero-order valence-electron chi connectivity index (χ0n) is 21.8. The van der Waals surface area contributed by atoms with Crippen molar-refractivity contribution in [2.75, 3.05) is 11.4 Å². The van der Waals surface area contributed by atoms with Gasteiger partial charge in [-0.1, -0.05) is 55.0 Å². The SMILES string of the molecule is CCC(C)(C)NC(=O)[C@@H](c1ccc(C)cc1)N(C(=O)CNC(=O)c1cccs1)c1cc(C)ccc1C. The van der Waals surface area contributed by atoms with Crippen molar-refractivity contribution < 1.29 is 14.4 Å². The largest absolute Gasteiger partial charge is 0.349 e. The minimum atomic E-state index is -0.914. The van der Waals surface area contributed by atoms with E-state index in [9.17, 15) is 14.4 Å². The lowest BCUT2D eigenvalue weighted by molar-refractivity contribution is -0.127. The van der Waals surface area contributed by atoms with Gasteiger partial charge in [0.25, 0.3) is 5.91 Å². The maximum Gasteiger partial charge on any atom is 0.261 e. The highest BCUT2D eigenvalue weighted by Crippen LogP contribution is 2.32. The molecule has 0 radical (unpaired) electrons. The second kappa shape index (κ2) is 11.5. The minimum Gasteiger partial charge on any atom is -0.349 e. The normalized spacial score (nSPS) is 12.1. The first-order valence-electron chi connectivity index (χ1n) is 12.1. The number of amides is 3. The predicted octanol–water partition coefficient (Wildman–Crippen LogP) is 5.48. The number of rotatable bonds is 9. The van der Waals surface area contributed by atoms with Crippen LogP contribution in [0.2, 0.25) is 0 Å². The van der Waals surface area contributed by atoms with Gasteiger partial charge in [-0.05, 0) is 75.2 Å². The zero-order valence-corrected chi connectivity index (χ0v) is 22.7. The van der Waals surface area contributed by atoms with Gasteiger partial charge in [-0.3, -0.25) is 19.3 Å². The molecule has 3 aromatic rings. The van der Waals surface area contributed by atoms with Gasteiger partial charge in [0.1, 0.15) is 6.04 Å². The monoisotopic (exact) mass is 505 g/mol. The molecule has 2 aromatic carbocycles. The van der Waals surface area contributed by atoms with Gasteiger partial charge in [0.2, 0.25) is 11.8 Å². The molecule has 0 saturated carbocycles. The molecule has 1 atom stereocenters. The molecule has 1 aromatic heterocycles. The third-order valence-corrected chi connectivity index (χ3v) is 7.15. The number of anilines is 1. The molecule has 0 unspecified atom stereocenters. The number of carbonyl (C=O) groups excluding carboxylic acids is 3. The Labute approximate surface area is 217 Å². The van der Waals surface area contributed by atoms with Crippen LogP contribution in [-0.4, -0.2) is 29.8 Å². The average Bonchev–Trinajstić information content (AvgIpc) is 3.38. The minimum absolute atomic E-state index is 0.239. The molecule has 0 aliphatic rings. The molecule has 190 valence electrons. The molecule has 1 heterocycles. The lowest BCUT2D eigenvalue weighted by atomic mass is 9.97. The second-order valence-electron chi connectivity index (χ2n) is 9.75. The van der Waals surface area contributed by atoms with E-state index < -0.39 is 11.6 Å². The Balaban J connectivity index is 2.08. The molecule has 0 fully saturated rings. The topological polar surface area (TPSA) is 78.5 Å². The van der Waals surface area contributed by atoms with Crippen LogP contribution in [0.15, 0.2) is 60.0 Å². The van der Waals surface area contributed by atoms with Crippen LogP contribution >= 0.6 is 11.3 Å². The molecule has 2 N–H and O–H groups in total. The quantitative estimate of drug-likeness (QED) is 0.404. The van der Waals surface area contributed by atoms with E-state index in [4.69, 9.17) is 0 Å². The fourth-order valence-electron chi connectivity index (χ4n) is 3.79. The van der Waals surface area contributed by atoms with Crippen LogP contribution in [-0.2, 0) is 9.59 Å². The molecule has 0 bridgehead atoms. The number of nitrogens with one attached hydrogen (secondary N) is 2. The standard InChI is InChI=1S/C29H35N3O3S/c1-7-29(5,6)31-28(35)26(22-14-11-19(2)12-15-22)32(23-17-20(3)10-13-21(23)4)25(33)18-30-27(34)24-9-8-16-36-24/h8-17,26H,7,18H2,1-6H3,(H,30,34)(H,31,35)/t26-/m1/s1. The Hall–Kier alpha value is -3.45. The molecular formula is C29H35N3O3S. The first kappa shape index (κ1) is 27.1. The van der Waals surface area contributed by atoms with E-state index in [2.05, 4.69) is 10.6 Å². The highest BCUT2D eigenvalue weighted by atomic mass is 32.1. The summed E-state index contributed by atoms with van der Waals surface area (Å²) in [6, 6.07) is 16.0. The van der Waals surface area contributed by atoms with E-state index in [0.29, 0.717) is 16.1 Å². The number of nitrogens with zero attached hydrogens (tertiary/aromatic N) is 1. The summed E-state index contributed by atoms with van der Waals surface area (Å²) < 4.78 is 0. The number of hydrogen-bond donors (Lipinski definition) is 2. The molecule has 0 spiro atoms. The summed E-state index contributed by atoms with van der Waals surface area (Å²) in [4.78, 5) is 42.3. The summed E-state index contributed by atoms with van der Waals surface area (Å²) in [7, 11) is 0. The number of aryl methyl sites for hydroxylation is 3. The Morgan fingerprint density at radius 2 is 1.64 bits per heavy atom. The van der Waals surface area contributed by atoms with E-state index >= 15 is 0 Å². The van der Waals surface area contributed by atoms with Crippen LogP contribution in [0.3, 0.4) is 0 Å². The molecule has 3 amide bonds. The average molecular weight is 506 g/mol. The molecule has 0 aliphatic heterocycles.